The van der Waals surface area contributed by atoms with Crippen molar-refractivity contribution in [1.82, 2.24) is 15.0 Å². The standard InChI is InChI=1S/C25H25FN4O3S/c1-3-33-25(31)15-5-6-19-16(11-15)12-17-21-22(34-24(17)30-19)23(29-13-28-21)27-9-8-14-4-7-20(32-2)18(26)10-14/h4,7,10,12-13,15H,3,5-6,8-9,11H2,1-2H3,(H,27,28,29). The summed E-state index contributed by atoms with van der Waals surface area (Å²) in [7, 11) is 1.45. The minimum atomic E-state index is -0.367. The molecule has 0 amide bonds. The first kappa shape index (κ1) is 22.5. The van der Waals surface area contributed by atoms with Crippen LogP contribution < -0.4 is 10.1 Å². The Balaban J connectivity index is 1.38. The number of anilines is 1. The van der Waals surface area contributed by atoms with Crippen LogP contribution in [0, 0.1) is 11.7 Å². The first-order chi connectivity index (χ1) is 16.6. The molecule has 0 fully saturated rings. The number of aryl methyl sites for hydroxylation is 1. The zero-order valence-corrected chi connectivity index (χ0v) is 19.9. The lowest BCUT2D eigenvalue weighted by Gasteiger charge is -2.22. The Hall–Kier alpha value is -3.33. The van der Waals surface area contributed by atoms with Gasteiger partial charge in [0.15, 0.2) is 11.6 Å². The Morgan fingerprint density at radius 1 is 1.29 bits per heavy atom. The van der Waals surface area contributed by atoms with Crippen LogP contribution in [0.1, 0.15) is 30.2 Å². The Morgan fingerprint density at radius 2 is 2.18 bits per heavy atom. The van der Waals surface area contributed by atoms with Crippen molar-refractivity contribution >= 4 is 43.6 Å². The monoisotopic (exact) mass is 480 g/mol. The molecule has 1 aliphatic rings. The van der Waals surface area contributed by atoms with Crippen molar-refractivity contribution in [1.29, 1.82) is 0 Å². The molecule has 0 radical (unpaired) electrons. The van der Waals surface area contributed by atoms with Crippen molar-refractivity contribution in [3.8, 4) is 5.75 Å². The lowest BCUT2D eigenvalue weighted by atomic mass is 9.86. The molecule has 1 N–H and O–H groups in total. The third-order valence-corrected chi connectivity index (χ3v) is 7.25. The zero-order valence-electron chi connectivity index (χ0n) is 19.1. The average Bonchev–Trinajstić information content (AvgIpc) is 3.21. The quantitative estimate of drug-likeness (QED) is 0.383. The molecular formula is C25H25FN4O3S. The minimum Gasteiger partial charge on any atom is -0.494 e. The number of fused-ring (bicyclic) bond motifs is 4. The van der Waals surface area contributed by atoms with E-state index in [2.05, 4.69) is 21.4 Å². The van der Waals surface area contributed by atoms with E-state index in [-0.39, 0.29) is 23.5 Å². The highest BCUT2D eigenvalue weighted by atomic mass is 32.1. The Kier molecular flexibility index (Phi) is 6.28. The number of rotatable bonds is 7. The summed E-state index contributed by atoms with van der Waals surface area (Å²) in [6.45, 7) is 2.82. The van der Waals surface area contributed by atoms with E-state index >= 15 is 0 Å². The molecule has 1 aliphatic carbocycles. The number of nitrogens with one attached hydrogen (secondary N) is 1. The molecule has 176 valence electrons. The summed E-state index contributed by atoms with van der Waals surface area (Å²) in [6.07, 6.45) is 4.35. The second kappa shape index (κ2) is 9.50. The van der Waals surface area contributed by atoms with E-state index in [4.69, 9.17) is 14.5 Å². The predicted molar refractivity (Wildman–Crippen MR) is 130 cm³/mol. The number of thiophene rings is 1. The van der Waals surface area contributed by atoms with E-state index in [0.29, 0.717) is 26.0 Å². The van der Waals surface area contributed by atoms with E-state index in [1.807, 2.05) is 13.0 Å². The van der Waals surface area contributed by atoms with Gasteiger partial charge in [0.1, 0.15) is 17.0 Å². The van der Waals surface area contributed by atoms with Gasteiger partial charge in [-0.05, 0) is 61.9 Å². The number of esters is 1. The van der Waals surface area contributed by atoms with Gasteiger partial charge in [0.25, 0.3) is 0 Å². The second-order valence-electron chi connectivity index (χ2n) is 8.29. The van der Waals surface area contributed by atoms with Crippen LogP contribution in [0.25, 0.3) is 20.4 Å². The molecule has 3 aromatic heterocycles. The summed E-state index contributed by atoms with van der Waals surface area (Å²) < 4.78 is 25.1. The first-order valence-electron chi connectivity index (χ1n) is 11.4. The molecule has 1 aromatic carbocycles. The van der Waals surface area contributed by atoms with Crippen LogP contribution in [0.15, 0.2) is 30.6 Å². The van der Waals surface area contributed by atoms with Gasteiger partial charge in [-0.15, -0.1) is 11.3 Å². The number of nitrogens with zero attached hydrogens (tertiary/aromatic N) is 3. The number of pyridine rings is 1. The summed E-state index contributed by atoms with van der Waals surface area (Å²) in [5.74, 6) is 0.363. The van der Waals surface area contributed by atoms with Gasteiger partial charge in [-0.25, -0.2) is 19.3 Å². The molecule has 0 spiro atoms. The third kappa shape index (κ3) is 4.27. The molecule has 0 aliphatic heterocycles. The second-order valence-corrected chi connectivity index (χ2v) is 9.29. The maximum atomic E-state index is 14.0. The lowest BCUT2D eigenvalue weighted by molar-refractivity contribution is -0.148. The number of benzene rings is 1. The van der Waals surface area contributed by atoms with Gasteiger partial charge in [-0.3, -0.25) is 4.79 Å². The molecule has 0 saturated heterocycles. The van der Waals surface area contributed by atoms with E-state index < -0.39 is 0 Å². The van der Waals surface area contributed by atoms with Crippen molar-refractivity contribution in [3.63, 3.8) is 0 Å². The first-order valence-corrected chi connectivity index (χ1v) is 12.2. The zero-order chi connectivity index (χ0) is 23.7. The number of aromatic nitrogens is 3. The van der Waals surface area contributed by atoms with Gasteiger partial charge in [0, 0.05) is 17.6 Å². The maximum absolute atomic E-state index is 14.0. The van der Waals surface area contributed by atoms with Crippen molar-refractivity contribution in [2.24, 2.45) is 5.92 Å². The summed E-state index contributed by atoms with van der Waals surface area (Å²) in [5, 5.41) is 4.35. The number of carbonyl (C=O) groups is 1. The van der Waals surface area contributed by atoms with Gasteiger partial charge in [0.2, 0.25) is 0 Å². The van der Waals surface area contributed by atoms with Crippen LogP contribution in [0.2, 0.25) is 0 Å². The fourth-order valence-electron chi connectivity index (χ4n) is 4.43. The molecular weight excluding hydrogens is 455 g/mol. The molecule has 0 saturated carbocycles. The van der Waals surface area contributed by atoms with Gasteiger partial charge < -0.3 is 14.8 Å². The van der Waals surface area contributed by atoms with Gasteiger partial charge in [0.05, 0.1) is 29.9 Å². The molecule has 5 rings (SSSR count). The van der Waals surface area contributed by atoms with Crippen LogP contribution in [-0.2, 0) is 28.8 Å². The predicted octanol–water partition coefficient (Wildman–Crippen LogP) is 4.71. The molecule has 7 nitrogen and oxygen atoms in total. The summed E-state index contributed by atoms with van der Waals surface area (Å²) >= 11 is 1.56. The van der Waals surface area contributed by atoms with Crippen molar-refractivity contribution < 1.29 is 18.7 Å². The average molecular weight is 481 g/mol. The van der Waals surface area contributed by atoms with Crippen LogP contribution in [-0.4, -0.2) is 41.2 Å². The molecule has 4 aromatic rings. The fourth-order valence-corrected chi connectivity index (χ4v) is 5.53. The summed E-state index contributed by atoms with van der Waals surface area (Å²) in [4.78, 5) is 27.0. The molecule has 9 heteroatoms. The Morgan fingerprint density at radius 3 is 2.97 bits per heavy atom. The normalized spacial score (nSPS) is 15.3. The highest BCUT2D eigenvalue weighted by molar-refractivity contribution is 7.25. The highest BCUT2D eigenvalue weighted by Crippen LogP contribution is 2.37. The van der Waals surface area contributed by atoms with Crippen LogP contribution in [0.4, 0.5) is 10.2 Å². The Bertz CT molecular complexity index is 1370. The summed E-state index contributed by atoms with van der Waals surface area (Å²) in [5.41, 5.74) is 3.86. The molecule has 3 heterocycles. The lowest BCUT2D eigenvalue weighted by Crippen LogP contribution is -2.25. The van der Waals surface area contributed by atoms with Gasteiger partial charge in [-0.1, -0.05) is 6.07 Å². The van der Waals surface area contributed by atoms with Crippen molar-refractivity contribution in [2.75, 3.05) is 25.6 Å². The van der Waals surface area contributed by atoms with Gasteiger partial charge >= 0.3 is 5.97 Å². The highest BCUT2D eigenvalue weighted by Gasteiger charge is 2.27. The Labute approximate surface area is 200 Å². The maximum Gasteiger partial charge on any atom is 0.309 e. The third-order valence-electron chi connectivity index (χ3n) is 6.15. The fraction of sp³-hybridized carbons (Fsp3) is 0.360. The van der Waals surface area contributed by atoms with Crippen LogP contribution in [0.3, 0.4) is 0 Å². The topological polar surface area (TPSA) is 86.2 Å². The molecule has 0 bridgehead atoms. The molecule has 1 unspecified atom stereocenters. The van der Waals surface area contributed by atoms with Crippen LogP contribution in [0.5, 0.6) is 5.75 Å². The molecule has 1 atom stereocenters. The molecule has 34 heavy (non-hydrogen) atoms. The van der Waals surface area contributed by atoms with E-state index in [9.17, 15) is 9.18 Å². The van der Waals surface area contributed by atoms with E-state index in [1.165, 1.54) is 13.2 Å². The smallest absolute Gasteiger partial charge is 0.309 e. The number of hydrogen-bond acceptors (Lipinski definition) is 8. The van der Waals surface area contributed by atoms with Crippen molar-refractivity contribution in [3.05, 3.63) is 53.2 Å². The van der Waals surface area contributed by atoms with E-state index in [1.54, 1.807) is 23.7 Å². The number of carbonyl (C=O) groups excluding carboxylic acids is 1. The van der Waals surface area contributed by atoms with Gasteiger partial charge in [-0.2, -0.15) is 0 Å². The number of halogens is 1. The summed E-state index contributed by atoms with van der Waals surface area (Å²) in [6, 6.07) is 7.11. The van der Waals surface area contributed by atoms with Crippen molar-refractivity contribution in [2.45, 2.75) is 32.6 Å². The van der Waals surface area contributed by atoms with Crippen LogP contribution >= 0.6 is 11.3 Å². The number of methoxy groups -OCH3 is 1. The SMILES string of the molecule is CCOC(=O)C1CCc2nc3sc4c(NCCc5ccc(OC)c(F)c5)ncnc4c3cc2C1. The number of ether oxygens (including phenoxy) is 2. The number of hydrogen-bond donors (Lipinski definition) is 1. The minimum absolute atomic E-state index is 0.119. The largest absolute Gasteiger partial charge is 0.494 e. The van der Waals surface area contributed by atoms with E-state index in [0.717, 1.165) is 55.9 Å².